The number of carboxylic acids is 1. The monoisotopic (exact) mass is 276 g/mol. The van der Waals surface area contributed by atoms with Crippen LogP contribution in [-0.4, -0.2) is 23.1 Å². The molecule has 0 saturated carbocycles. The number of hydrogen-bond acceptors (Lipinski definition) is 3. The molecular weight excluding hydrogens is 264 g/mol. The molecule has 19 heavy (non-hydrogen) atoms. The molecule has 1 heterocycles. The van der Waals surface area contributed by atoms with Crippen molar-refractivity contribution in [3.8, 4) is 0 Å². The molecule has 0 aliphatic heterocycles. The highest BCUT2D eigenvalue weighted by molar-refractivity contribution is 6.30. The first-order valence-electron chi connectivity index (χ1n) is 5.72. The van der Waals surface area contributed by atoms with Gasteiger partial charge in [0.05, 0.1) is 0 Å². The molecule has 0 aliphatic carbocycles. The van der Waals surface area contributed by atoms with Gasteiger partial charge in [0.2, 0.25) is 0 Å². The highest BCUT2D eigenvalue weighted by atomic mass is 35.5. The molecule has 0 bridgehead atoms. The van der Waals surface area contributed by atoms with E-state index in [1.807, 2.05) is 36.2 Å². The molecule has 0 radical (unpaired) electrons. The van der Waals surface area contributed by atoms with Crippen molar-refractivity contribution in [2.75, 3.05) is 11.9 Å². The number of aromatic carboxylic acids is 1. The number of carbonyl (C=O) groups is 1. The second kappa shape index (κ2) is 5.71. The fourth-order valence-electron chi connectivity index (χ4n) is 1.75. The van der Waals surface area contributed by atoms with Gasteiger partial charge in [-0.3, -0.25) is 0 Å². The molecule has 4 nitrogen and oxygen atoms in total. The third kappa shape index (κ3) is 3.45. The lowest BCUT2D eigenvalue weighted by atomic mass is 10.2. The van der Waals surface area contributed by atoms with Crippen molar-refractivity contribution in [3.05, 3.63) is 58.7 Å². The van der Waals surface area contributed by atoms with Crippen LogP contribution >= 0.6 is 11.6 Å². The molecule has 1 N–H and O–H groups in total. The Bertz CT molecular complexity index is 602. The van der Waals surface area contributed by atoms with Crippen molar-refractivity contribution in [3.63, 3.8) is 0 Å². The van der Waals surface area contributed by atoms with E-state index in [4.69, 9.17) is 16.7 Å². The molecule has 0 fully saturated rings. The number of anilines is 1. The van der Waals surface area contributed by atoms with Gasteiger partial charge in [-0.2, -0.15) is 0 Å². The Labute approximate surface area is 116 Å². The minimum atomic E-state index is -1.03. The van der Waals surface area contributed by atoms with Crippen LogP contribution in [0.15, 0.2) is 42.5 Å². The fourth-order valence-corrected chi connectivity index (χ4v) is 1.96. The Hall–Kier alpha value is -2.07. The van der Waals surface area contributed by atoms with Gasteiger partial charge in [-0.25, -0.2) is 9.78 Å². The third-order valence-electron chi connectivity index (χ3n) is 2.65. The number of aromatic nitrogens is 1. The Balaban J connectivity index is 2.18. The Morgan fingerprint density at radius 3 is 2.74 bits per heavy atom. The highest BCUT2D eigenvalue weighted by Crippen LogP contribution is 2.16. The number of hydrogen-bond donors (Lipinski definition) is 1. The van der Waals surface area contributed by atoms with Crippen molar-refractivity contribution in [1.82, 2.24) is 4.98 Å². The zero-order chi connectivity index (χ0) is 13.8. The third-order valence-corrected chi connectivity index (χ3v) is 2.89. The number of halogens is 1. The van der Waals surface area contributed by atoms with Crippen LogP contribution in [0.25, 0.3) is 0 Å². The molecule has 0 amide bonds. The number of carboxylic acid groups (broad SMARTS) is 1. The number of benzene rings is 1. The molecule has 0 unspecified atom stereocenters. The lowest BCUT2D eigenvalue weighted by Crippen LogP contribution is -2.18. The van der Waals surface area contributed by atoms with E-state index < -0.39 is 5.97 Å². The number of pyridine rings is 1. The average molecular weight is 277 g/mol. The van der Waals surface area contributed by atoms with Gasteiger partial charge in [0.25, 0.3) is 0 Å². The second-order valence-electron chi connectivity index (χ2n) is 4.17. The quantitative estimate of drug-likeness (QED) is 0.932. The fraction of sp³-hybridized carbons (Fsp3) is 0.143. The van der Waals surface area contributed by atoms with Gasteiger partial charge in [0.1, 0.15) is 5.82 Å². The van der Waals surface area contributed by atoms with Crippen LogP contribution in [0.5, 0.6) is 0 Å². The summed E-state index contributed by atoms with van der Waals surface area (Å²) in [5, 5.41) is 9.60. The summed E-state index contributed by atoms with van der Waals surface area (Å²) in [6.45, 7) is 0.608. The molecule has 98 valence electrons. The predicted octanol–water partition coefficient (Wildman–Crippen LogP) is 3.07. The van der Waals surface area contributed by atoms with E-state index in [1.165, 1.54) is 6.07 Å². The van der Waals surface area contributed by atoms with Crippen LogP contribution in [-0.2, 0) is 6.54 Å². The highest BCUT2D eigenvalue weighted by Gasteiger charge is 2.08. The van der Waals surface area contributed by atoms with Gasteiger partial charge < -0.3 is 10.0 Å². The first-order valence-corrected chi connectivity index (χ1v) is 6.10. The molecular formula is C14H13ClN2O2. The first kappa shape index (κ1) is 13.4. The summed E-state index contributed by atoms with van der Waals surface area (Å²) in [5.74, 6) is -0.419. The Kier molecular flexibility index (Phi) is 4.02. The van der Waals surface area contributed by atoms with Crippen molar-refractivity contribution >= 4 is 23.4 Å². The molecule has 0 spiro atoms. The molecule has 0 saturated heterocycles. The minimum Gasteiger partial charge on any atom is -0.477 e. The van der Waals surface area contributed by atoms with Crippen molar-refractivity contribution in [1.29, 1.82) is 0 Å². The molecule has 2 aromatic rings. The van der Waals surface area contributed by atoms with Gasteiger partial charge in [0.15, 0.2) is 5.69 Å². The maximum atomic E-state index is 10.9. The molecule has 1 aromatic heterocycles. The van der Waals surface area contributed by atoms with Gasteiger partial charge in [-0.05, 0) is 29.8 Å². The van der Waals surface area contributed by atoms with Gasteiger partial charge in [-0.15, -0.1) is 0 Å². The molecule has 0 atom stereocenters. The zero-order valence-corrected chi connectivity index (χ0v) is 11.1. The van der Waals surface area contributed by atoms with Gasteiger partial charge in [-0.1, -0.05) is 29.8 Å². The van der Waals surface area contributed by atoms with Crippen molar-refractivity contribution in [2.24, 2.45) is 0 Å². The second-order valence-corrected chi connectivity index (χ2v) is 4.61. The zero-order valence-electron chi connectivity index (χ0n) is 10.4. The van der Waals surface area contributed by atoms with Crippen LogP contribution < -0.4 is 4.90 Å². The topological polar surface area (TPSA) is 53.4 Å². The Morgan fingerprint density at radius 1 is 1.32 bits per heavy atom. The van der Waals surface area contributed by atoms with Crippen LogP contribution in [0.4, 0.5) is 5.82 Å². The predicted molar refractivity (Wildman–Crippen MR) is 74.8 cm³/mol. The molecule has 2 rings (SSSR count). The van der Waals surface area contributed by atoms with E-state index in [0.29, 0.717) is 17.4 Å². The van der Waals surface area contributed by atoms with Gasteiger partial charge in [0, 0.05) is 18.6 Å². The summed E-state index contributed by atoms with van der Waals surface area (Å²) < 4.78 is 0. The van der Waals surface area contributed by atoms with Crippen LogP contribution in [0, 0.1) is 0 Å². The molecule has 0 aliphatic rings. The van der Waals surface area contributed by atoms with Crippen LogP contribution in [0.2, 0.25) is 5.02 Å². The van der Waals surface area contributed by atoms with Crippen LogP contribution in [0.1, 0.15) is 16.1 Å². The van der Waals surface area contributed by atoms with Crippen LogP contribution in [0.3, 0.4) is 0 Å². The summed E-state index contributed by atoms with van der Waals surface area (Å²) >= 11 is 5.93. The van der Waals surface area contributed by atoms with E-state index >= 15 is 0 Å². The standard InChI is InChI=1S/C14H13ClN2O2/c1-17(9-10-4-2-5-11(15)8-10)13-7-3-6-12(16-13)14(18)19/h2-8H,9H2,1H3,(H,18,19). The summed E-state index contributed by atoms with van der Waals surface area (Å²) in [4.78, 5) is 16.8. The normalized spacial score (nSPS) is 10.2. The first-order chi connectivity index (χ1) is 9.06. The lowest BCUT2D eigenvalue weighted by Gasteiger charge is -2.18. The molecule has 5 heteroatoms. The van der Waals surface area contributed by atoms with E-state index in [1.54, 1.807) is 12.1 Å². The summed E-state index contributed by atoms with van der Waals surface area (Å²) in [7, 11) is 1.86. The maximum absolute atomic E-state index is 10.9. The summed E-state index contributed by atoms with van der Waals surface area (Å²) in [6, 6.07) is 12.5. The Morgan fingerprint density at radius 2 is 2.05 bits per heavy atom. The minimum absolute atomic E-state index is 0.0374. The molecule has 1 aromatic carbocycles. The maximum Gasteiger partial charge on any atom is 0.354 e. The summed E-state index contributed by atoms with van der Waals surface area (Å²) in [6.07, 6.45) is 0. The average Bonchev–Trinajstić information content (AvgIpc) is 2.39. The van der Waals surface area contributed by atoms with E-state index in [-0.39, 0.29) is 5.69 Å². The van der Waals surface area contributed by atoms with Crippen molar-refractivity contribution in [2.45, 2.75) is 6.54 Å². The van der Waals surface area contributed by atoms with Crippen molar-refractivity contribution < 1.29 is 9.90 Å². The SMILES string of the molecule is CN(Cc1cccc(Cl)c1)c1cccc(C(=O)O)n1. The number of rotatable bonds is 4. The largest absolute Gasteiger partial charge is 0.477 e. The van der Waals surface area contributed by atoms with Gasteiger partial charge >= 0.3 is 5.97 Å². The van der Waals surface area contributed by atoms with E-state index in [9.17, 15) is 4.79 Å². The van der Waals surface area contributed by atoms with E-state index in [2.05, 4.69) is 4.98 Å². The van der Waals surface area contributed by atoms with E-state index in [0.717, 1.165) is 5.56 Å². The smallest absolute Gasteiger partial charge is 0.354 e. The number of nitrogens with zero attached hydrogens (tertiary/aromatic N) is 2. The lowest BCUT2D eigenvalue weighted by molar-refractivity contribution is 0.0690. The summed E-state index contributed by atoms with van der Waals surface area (Å²) in [5.41, 5.74) is 1.08.